The standard InChI is InChI=1S/C14H10Cl2N4O3/c15-9-2-1-3-10(16)8(9)7-23-13-5-17-11(4-18-13)20-6-12(21)19-14(20)22/h1-5H,6-7H2,(H,19,21,22). The number of nitrogens with zero attached hydrogens (tertiary/aromatic N) is 3. The molecule has 118 valence electrons. The fourth-order valence-corrected chi connectivity index (χ4v) is 2.47. The first-order valence-electron chi connectivity index (χ1n) is 6.53. The van der Waals surface area contributed by atoms with Gasteiger partial charge in [-0.3, -0.25) is 15.0 Å². The number of ether oxygens (including phenoxy) is 1. The van der Waals surface area contributed by atoms with Crippen LogP contribution in [0.25, 0.3) is 0 Å². The molecular weight excluding hydrogens is 343 g/mol. The molecule has 1 aromatic heterocycles. The molecule has 0 bridgehead atoms. The van der Waals surface area contributed by atoms with Gasteiger partial charge in [0.2, 0.25) is 11.8 Å². The summed E-state index contributed by atoms with van der Waals surface area (Å²) >= 11 is 12.1. The molecule has 0 saturated carbocycles. The molecule has 0 radical (unpaired) electrons. The lowest BCUT2D eigenvalue weighted by Gasteiger charge is -2.12. The van der Waals surface area contributed by atoms with Crippen LogP contribution in [0.15, 0.2) is 30.6 Å². The van der Waals surface area contributed by atoms with Crippen molar-refractivity contribution >= 4 is 41.0 Å². The average Bonchev–Trinajstić information content (AvgIpc) is 2.86. The summed E-state index contributed by atoms with van der Waals surface area (Å²) in [6.07, 6.45) is 2.71. The van der Waals surface area contributed by atoms with Crippen LogP contribution in [0.2, 0.25) is 10.0 Å². The molecule has 0 aliphatic carbocycles. The maximum absolute atomic E-state index is 11.5. The van der Waals surface area contributed by atoms with Crippen molar-refractivity contribution in [3.05, 3.63) is 46.2 Å². The number of hydrogen-bond acceptors (Lipinski definition) is 5. The lowest BCUT2D eigenvalue weighted by molar-refractivity contribution is -0.117. The van der Waals surface area contributed by atoms with Crippen LogP contribution in [-0.4, -0.2) is 28.5 Å². The van der Waals surface area contributed by atoms with Crippen LogP contribution < -0.4 is 15.0 Å². The van der Waals surface area contributed by atoms with E-state index in [4.69, 9.17) is 27.9 Å². The van der Waals surface area contributed by atoms with Crippen molar-refractivity contribution in [2.24, 2.45) is 0 Å². The van der Waals surface area contributed by atoms with E-state index in [1.54, 1.807) is 18.2 Å². The zero-order valence-corrected chi connectivity index (χ0v) is 13.1. The first-order valence-corrected chi connectivity index (χ1v) is 7.29. The highest BCUT2D eigenvalue weighted by molar-refractivity contribution is 6.35. The minimum Gasteiger partial charge on any atom is -0.472 e. The molecule has 1 N–H and O–H groups in total. The predicted octanol–water partition coefficient (Wildman–Crippen LogP) is 2.42. The van der Waals surface area contributed by atoms with E-state index in [9.17, 15) is 9.59 Å². The lowest BCUT2D eigenvalue weighted by atomic mass is 10.2. The quantitative estimate of drug-likeness (QED) is 0.854. The summed E-state index contributed by atoms with van der Waals surface area (Å²) in [7, 11) is 0. The largest absolute Gasteiger partial charge is 0.472 e. The molecule has 1 aliphatic rings. The summed E-state index contributed by atoms with van der Waals surface area (Å²) in [5.74, 6) is 0.123. The Morgan fingerprint density at radius 2 is 1.91 bits per heavy atom. The van der Waals surface area contributed by atoms with Gasteiger partial charge in [0.15, 0.2) is 5.82 Å². The first-order chi connectivity index (χ1) is 11.0. The Morgan fingerprint density at radius 3 is 2.48 bits per heavy atom. The number of imide groups is 1. The van der Waals surface area contributed by atoms with E-state index in [0.29, 0.717) is 15.6 Å². The maximum atomic E-state index is 11.5. The van der Waals surface area contributed by atoms with Gasteiger partial charge in [-0.15, -0.1) is 0 Å². The zero-order valence-electron chi connectivity index (χ0n) is 11.6. The molecule has 1 aromatic carbocycles. The number of hydrogen-bond donors (Lipinski definition) is 1. The van der Waals surface area contributed by atoms with Crippen molar-refractivity contribution in [2.75, 3.05) is 11.4 Å². The van der Waals surface area contributed by atoms with Gasteiger partial charge in [0.25, 0.3) is 0 Å². The Balaban J connectivity index is 1.68. The summed E-state index contributed by atoms with van der Waals surface area (Å²) in [5.41, 5.74) is 0.645. The molecule has 1 fully saturated rings. The van der Waals surface area contributed by atoms with Crippen molar-refractivity contribution in [1.82, 2.24) is 15.3 Å². The second kappa shape index (κ2) is 6.39. The van der Waals surface area contributed by atoms with E-state index < -0.39 is 6.03 Å². The van der Waals surface area contributed by atoms with Gasteiger partial charge in [0.1, 0.15) is 13.2 Å². The van der Waals surface area contributed by atoms with Crippen molar-refractivity contribution in [2.45, 2.75) is 6.61 Å². The van der Waals surface area contributed by atoms with Crippen LogP contribution in [0.1, 0.15) is 5.56 Å². The highest BCUT2D eigenvalue weighted by Crippen LogP contribution is 2.25. The van der Waals surface area contributed by atoms with Gasteiger partial charge < -0.3 is 4.74 Å². The Bertz CT molecular complexity index is 747. The highest BCUT2D eigenvalue weighted by Gasteiger charge is 2.29. The number of benzene rings is 1. The van der Waals surface area contributed by atoms with E-state index in [-0.39, 0.29) is 30.8 Å². The number of aromatic nitrogens is 2. The number of rotatable bonds is 4. The summed E-state index contributed by atoms with van der Waals surface area (Å²) in [4.78, 5) is 32.0. The molecule has 3 rings (SSSR count). The molecule has 9 heteroatoms. The highest BCUT2D eigenvalue weighted by atomic mass is 35.5. The van der Waals surface area contributed by atoms with E-state index in [2.05, 4.69) is 15.3 Å². The SMILES string of the molecule is O=C1CN(c2cnc(OCc3c(Cl)cccc3Cl)cn2)C(=O)N1. The normalized spacial score (nSPS) is 14.1. The molecule has 0 atom stereocenters. The lowest BCUT2D eigenvalue weighted by Crippen LogP contribution is -2.28. The Kier molecular flexibility index (Phi) is 4.31. The molecule has 0 spiro atoms. The Labute approximate surface area is 141 Å². The van der Waals surface area contributed by atoms with Crippen molar-refractivity contribution in [3.63, 3.8) is 0 Å². The second-order valence-corrected chi connectivity index (χ2v) is 5.46. The molecule has 2 aromatic rings. The number of anilines is 1. The summed E-state index contributed by atoms with van der Waals surface area (Å²) in [6.45, 7) is 0.0537. The minimum absolute atomic E-state index is 0.0804. The van der Waals surface area contributed by atoms with Crippen molar-refractivity contribution in [3.8, 4) is 5.88 Å². The fourth-order valence-electron chi connectivity index (χ4n) is 1.97. The van der Waals surface area contributed by atoms with E-state index >= 15 is 0 Å². The molecule has 0 unspecified atom stereocenters. The molecular formula is C14H10Cl2N4O3. The van der Waals surface area contributed by atoms with Crippen LogP contribution >= 0.6 is 23.2 Å². The van der Waals surface area contributed by atoms with Crippen molar-refractivity contribution in [1.29, 1.82) is 0 Å². The minimum atomic E-state index is -0.527. The van der Waals surface area contributed by atoms with Gasteiger partial charge in [-0.25, -0.2) is 14.8 Å². The van der Waals surface area contributed by atoms with Gasteiger partial charge >= 0.3 is 6.03 Å². The van der Waals surface area contributed by atoms with Gasteiger partial charge in [-0.2, -0.15) is 0 Å². The number of carbonyl (C=O) groups is 2. The Hall–Kier alpha value is -2.38. The molecule has 1 aliphatic heterocycles. The third kappa shape index (κ3) is 3.35. The molecule has 7 nitrogen and oxygen atoms in total. The fraction of sp³-hybridized carbons (Fsp3) is 0.143. The predicted molar refractivity (Wildman–Crippen MR) is 83.7 cm³/mol. The molecule has 1 saturated heterocycles. The summed E-state index contributed by atoms with van der Waals surface area (Å²) in [5, 5.41) is 3.15. The topological polar surface area (TPSA) is 84.4 Å². The van der Waals surface area contributed by atoms with Crippen LogP contribution in [0, 0.1) is 0 Å². The summed E-state index contributed by atoms with van der Waals surface area (Å²) in [6, 6.07) is 4.64. The smallest absolute Gasteiger partial charge is 0.330 e. The van der Waals surface area contributed by atoms with Gasteiger partial charge in [-0.05, 0) is 12.1 Å². The Morgan fingerprint density at radius 1 is 1.17 bits per heavy atom. The van der Waals surface area contributed by atoms with E-state index in [0.717, 1.165) is 0 Å². The molecule has 23 heavy (non-hydrogen) atoms. The number of halogens is 2. The number of nitrogens with one attached hydrogen (secondary N) is 1. The maximum Gasteiger partial charge on any atom is 0.330 e. The number of carbonyl (C=O) groups excluding carboxylic acids is 2. The van der Waals surface area contributed by atoms with Gasteiger partial charge in [0.05, 0.1) is 12.4 Å². The second-order valence-electron chi connectivity index (χ2n) is 4.64. The first kappa shape index (κ1) is 15.5. The summed E-state index contributed by atoms with van der Waals surface area (Å²) < 4.78 is 5.49. The molecule has 2 heterocycles. The monoisotopic (exact) mass is 352 g/mol. The van der Waals surface area contributed by atoms with Crippen LogP contribution in [0.5, 0.6) is 5.88 Å². The van der Waals surface area contributed by atoms with Crippen LogP contribution in [0.4, 0.5) is 10.6 Å². The number of urea groups is 1. The van der Waals surface area contributed by atoms with E-state index in [1.165, 1.54) is 17.3 Å². The zero-order chi connectivity index (χ0) is 16.4. The van der Waals surface area contributed by atoms with Gasteiger partial charge in [0, 0.05) is 15.6 Å². The van der Waals surface area contributed by atoms with E-state index in [1.807, 2.05) is 0 Å². The molecule has 3 amide bonds. The third-order valence-corrected chi connectivity index (χ3v) is 3.82. The average molecular weight is 353 g/mol. The third-order valence-electron chi connectivity index (χ3n) is 3.11. The number of amides is 3. The van der Waals surface area contributed by atoms with Crippen molar-refractivity contribution < 1.29 is 14.3 Å². The van der Waals surface area contributed by atoms with Crippen LogP contribution in [0.3, 0.4) is 0 Å². The van der Waals surface area contributed by atoms with Crippen LogP contribution in [-0.2, 0) is 11.4 Å². The van der Waals surface area contributed by atoms with Gasteiger partial charge in [-0.1, -0.05) is 29.3 Å².